The molecule has 1 aliphatic heterocycles. The van der Waals surface area contributed by atoms with E-state index in [1.54, 1.807) is 0 Å². The van der Waals surface area contributed by atoms with Crippen LogP contribution in [0.25, 0.3) is 10.9 Å². The Morgan fingerprint density at radius 3 is 2.95 bits per heavy atom. The Labute approximate surface area is 120 Å². The number of nitrogens with two attached hydrogens (primary N) is 1. The van der Waals surface area contributed by atoms with Crippen molar-refractivity contribution in [2.75, 3.05) is 37.3 Å². The third-order valence-corrected chi connectivity index (χ3v) is 4.16. The molecule has 0 radical (unpaired) electrons. The molecule has 4 heteroatoms. The van der Waals surface area contributed by atoms with Gasteiger partial charge in [0.15, 0.2) is 0 Å². The van der Waals surface area contributed by atoms with Crippen LogP contribution in [0.2, 0.25) is 0 Å². The first kappa shape index (κ1) is 13.2. The van der Waals surface area contributed by atoms with E-state index in [9.17, 15) is 0 Å². The van der Waals surface area contributed by atoms with Gasteiger partial charge in [0.05, 0.1) is 16.9 Å². The van der Waals surface area contributed by atoms with E-state index in [4.69, 9.17) is 5.73 Å². The zero-order valence-corrected chi connectivity index (χ0v) is 12.2. The van der Waals surface area contributed by atoms with Gasteiger partial charge < -0.3 is 15.5 Å². The maximum absolute atomic E-state index is 6.40. The van der Waals surface area contributed by atoms with E-state index < -0.39 is 0 Å². The highest BCUT2D eigenvalue weighted by molar-refractivity contribution is 5.97. The number of benzene rings is 1. The Bertz CT molecular complexity index is 610. The number of pyridine rings is 1. The van der Waals surface area contributed by atoms with Gasteiger partial charge in [-0.3, -0.25) is 4.98 Å². The first-order valence-corrected chi connectivity index (χ1v) is 7.25. The van der Waals surface area contributed by atoms with Crippen LogP contribution in [0.1, 0.15) is 13.3 Å². The second kappa shape index (κ2) is 5.29. The van der Waals surface area contributed by atoms with Gasteiger partial charge in [-0.1, -0.05) is 0 Å². The van der Waals surface area contributed by atoms with Crippen LogP contribution >= 0.6 is 0 Å². The summed E-state index contributed by atoms with van der Waals surface area (Å²) in [7, 11) is 2.19. The van der Waals surface area contributed by atoms with Gasteiger partial charge in [0.25, 0.3) is 0 Å². The number of likely N-dealkylation sites (N-methyl/N-ethyl adjacent to an activating group) is 1. The van der Waals surface area contributed by atoms with Gasteiger partial charge in [0.2, 0.25) is 0 Å². The molecule has 1 fully saturated rings. The van der Waals surface area contributed by atoms with Crippen LogP contribution in [0.15, 0.2) is 30.5 Å². The summed E-state index contributed by atoms with van der Waals surface area (Å²) in [4.78, 5) is 9.20. The van der Waals surface area contributed by atoms with E-state index in [1.807, 2.05) is 12.3 Å². The van der Waals surface area contributed by atoms with Crippen LogP contribution in [-0.2, 0) is 0 Å². The first-order chi connectivity index (χ1) is 9.66. The molecule has 1 aliphatic rings. The molecule has 0 aliphatic carbocycles. The highest BCUT2D eigenvalue weighted by Crippen LogP contribution is 2.32. The SMILES string of the molecule is CC1CN(C)CCCN1c1ccc2ncccc2c1N. The molecular weight excluding hydrogens is 248 g/mol. The molecule has 4 nitrogen and oxygen atoms in total. The molecule has 3 rings (SSSR count). The summed E-state index contributed by atoms with van der Waals surface area (Å²) < 4.78 is 0. The lowest BCUT2D eigenvalue weighted by molar-refractivity contribution is 0.337. The predicted molar refractivity (Wildman–Crippen MR) is 85.1 cm³/mol. The number of hydrogen-bond acceptors (Lipinski definition) is 4. The van der Waals surface area contributed by atoms with E-state index in [0.717, 1.165) is 41.9 Å². The molecule has 1 aromatic heterocycles. The number of nitrogens with zero attached hydrogens (tertiary/aromatic N) is 3. The van der Waals surface area contributed by atoms with Gasteiger partial charge in [-0.15, -0.1) is 0 Å². The molecule has 2 N–H and O–H groups in total. The lowest BCUT2D eigenvalue weighted by atomic mass is 10.1. The van der Waals surface area contributed by atoms with Crippen molar-refractivity contribution in [1.82, 2.24) is 9.88 Å². The van der Waals surface area contributed by atoms with Crippen LogP contribution in [-0.4, -0.2) is 42.6 Å². The van der Waals surface area contributed by atoms with Crippen molar-refractivity contribution < 1.29 is 0 Å². The quantitative estimate of drug-likeness (QED) is 0.808. The van der Waals surface area contributed by atoms with E-state index in [1.165, 1.54) is 6.42 Å². The summed E-state index contributed by atoms with van der Waals surface area (Å²) in [5.74, 6) is 0. The van der Waals surface area contributed by atoms with E-state index in [2.05, 4.69) is 47.0 Å². The predicted octanol–water partition coefficient (Wildman–Crippen LogP) is 2.35. The minimum absolute atomic E-state index is 0.471. The smallest absolute Gasteiger partial charge is 0.0724 e. The summed E-state index contributed by atoms with van der Waals surface area (Å²) in [5.41, 5.74) is 9.37. The summed E-state index contributed by atoms with van der Waals surface area (Å²) in [5, 5.41) is 1.05. The molecule has 0 spiro atoms. The zero-order valence-electron chi connectivity index (χ0n) is 12.2. The maximum Gasteiger partial charge on any atom is 0.0724 e. The van der Waals surface area contributed by atoms with E-state index in [-0.39, 0.29) is 0 Å². The highest BCUT2D eigenvalue weighted by Gasteiger charge is 2.22. The number of hydrogen-bond donors (Lipinski definition) is 1. The van der Waals surface area contributed by atoms with Crippen molar-refractivity contribution in [2.45, 2.75) is 19.4 Å². The molecule has 20 heavy (non-hydrogen) atoms. The monoisotopic (exact) mass is 270 g/mol. The third kappa shape index (κ3) is 2.31. The van der Waals surface area contributed by atoms with Gasteiger partial charge in [0, 0.05) is 30.7 Å². The fraction of sp³-hybridized carbons (Fsp3) is 0.438. The summed E-state index contributed by atoms with van der Waals surface area (Å²) >= 11 is 0. The molecule has 1 unspecified atom stereocenters. The molecule has 2 aromatic rings. The second-order valence-corrected chi connectivity index (χ2v) is 5.73. The Hall–Kier alpha value is -1.81. The topological polar surface area (TPSA) is 45.4 Å². The first-order valence-electron chi connectivity index (χ1n) is 7.25. The molecule has 0 amide bonds. The number of anilines is 2. The van der Waals surface area contributed by atoms with Gasteiger partial charge in [-0.25, -0.2) is 0 Å². The molecule has 2 heterocycles. The standard InChI is InChI=1S/C16H22N4/c1-12-11-19(2)9-4-10-20(12)15-7-6-14-13(16(15)17)5-3-8-18-14/h3,5-8,12H,4,9-11,17H2,1-2H3. The Morgan fingerprint density at radius 2 is 2.10 bits per heavy atom. The number of fused-ring (bicyclic) bond motifs is 1. The van der Waals surface area contributed by atoms with Gasteiger partial charge >= 0.3 is 0 Å². The minimum Gasteiger partial charge on any atom is -0.396 e. The van der Waals surface area contributed by atoms with Crippen molar-refractivity contribution in [1.29, 1.82) is 0 Å². The molecule has 0 saturated carbocycles. The number of rotatable bonds is 1. The van der Waals surface area contributed by atoms with Gasteiger partial charge in [-0.05, 0) is 51.2 Å². The van der Waals surface area contributed by atoms with Gasteiger partial charge in [0.1, 0.15) is 0 Å². The number of aromatic nitrogens is 1. The normalized spacial score (nSPS) is 21.1. The molecule has 1 atom stereocenters. The van der Waals surface area contributed by atoms with Crippen molar-refractivity contribution in [3.8, 4) is 0 Å². The Morgan fingerprint density at radius 1 is 1.25 bits per heavy atom. The lowest BCUT2D eigenvalue weighted by Gasteiger charge is -2.31. The summed E-state index contributed by atoms with van der Waals surface area (Å²) in [6.45, 7) is 5.55. The average molecular weight is 270 g/mol. The average Bonchev–Trinajstić information content (AvgIpc) is 2.60. The van der Waals surface area contributed by atoms with Crippen molar-refractivity contribution in [3.05, 3.63) is 30.5 Å². The second-order valence-electron chi connectivity index (χ2n) is 5.73. The molecule has 1 saturated heterocycles. The van der Waals surface area contributed by atoms with Crippen molar-refractivity contribution in [2.24, 2.45) is 0 Å². The molecule has 106 valence electrons. The highest BCUT2D eigenvalue weighted by atomic mass is 15.2. The fourth-order valence-corrected chi connectivity index (χ4v) is 3.14. The van der Waals surface area contributed by atoms with E-state index >= 15 is 0 Å². The molecular formula is C16H22N4. The summed E-state index contributed by atoms with van der Waals surface area (Å²) in [6, 6.07) is 8.66. The maximum atomic E-state index is 6.40. The molecule has 1 aromatic carbocycles. The van der Waals surface area contributed by atoms with Crippen molar-refractivity contribution >= 4 is 22.3 Å². The fourth-order valence-electron chi connectivity index (χ4n) is 3.14. The zero-order chi connectivity index (χ0) is 14.1. The largest absolute Gasteiger partial charge is 0.396 e. The number of nitrogen functional groups attached to an aromatic ring is 1. The van der Waals surface area contributed by atoms with Crippen LogP contribution in [0.4, 0.5) is 11.4 Å². The summed E-state index contributed by atoms with van der Waals surface area (Å²) in [6.07, 6.45) is 2.98. The third-order valence-electron chi connectivity index (χ3n) is 4.16. The Balaban J connectivity index is 2.02. The molecule has 0 bridgehead atoms. The van der Waals surface area contributed by atoms with Crippen LogP contribution < -0.4 is 10.6 Å². The van der Waals surface area contributed by atoms with Crippen LogP contribution in [0.3, 0.4) is 0 Å². The van der Waals surface area contributed by atoms with E-state index in [0.29, 0.717) is 6.04 Å². The minimum atomic E-state index is 0.471. The lowest BCUT2D eigenvalue weighted by Crippen LogP contribution is -2.38. The van der Waals surface area contributed by atoms with Crippen LogP contribution in [0, 0.1) is 0 Å². The van der Waals surface area contributed by atoms with Gasteiger partial charge in [-0.2, -0.15) is 0 Å². The van der Waals surface area contributed by atoms with Crippen molar-refractivity contribution in [3.63, 3.8) is 0 Å². The van der Waals surface area contributed by atoms with Crippen LogP contribution in [0.5, 0.6) is 0 Å². The Kier molecular flexibility index (Phi) is 3.49.